The Hall–Kier alpha value is -3.62. The van der Waals surface area contributed by atoms with Crippen molar-refractivity contribution < 1.29 is 19.7 Å². The third-order valence-corrected chi connectivity index (χ3v) is 6.91. The monoisotopic (exact) mass is 636 g/mol. The number of benzene rings is 4. The van der Waals surface area contributed by atoms with E-state index in [0.717, 1.165) is 42.6 Å². The smallest absolute Gasteiger partial charge is 0.166 e. The van der Waals surface area contributed by atoms with E-state index in [0.29, 0.717) is 22.6 Å². The van der Waals surface area contributed by atoms with E-state index in [4.69, 9.17) is 9.47 Å². The molecule has 0 unspecified atom stereocenters. The van der Waals surface area contributed by atoms with E-state index in [1.54, 1.807) is 36.7 Å². The van der Waals surface area contributed by atoms with Crippen LogP contribution in [-0.2, 0) is 0 Å². The molecule has 0 radical (unpaired) electrons. The highest BCUT2D eigenvalue weighted by atomic mass is 79.9. The van der Waals surface area contributed by atoms with Gasteiger partial charge in [0.2, 0.25) is 0 Å². The number of hydrogen-bond acceptors (Lipinski definition) is 6. The number of halogens is 2. The van der Waals surface area contributed by atoms with Gasteiger partial charge in [-0.05, 0) is 84.6 Å². The highest BCUT2D eigenvalue weighted by Crippen LogP contribution is 2.35. The highest BCUT2D eigenvalue weighted by Gasteiger charge is 2.10. The first-order valence-corrected chi connectivity index (χ1v) is 13.2. The summed E-state index contributed by atoms with van der Waals surface area (Å²) >= 11 is 6.86. The number of aryl methyl sites for hydroxylation is 2. The van der Waals surface area contributed by atoms with Crippen molar-refractivity contribution in [3.63, 3.8) is 0 Å². The molecule has 194 valence electrons. The summed E-state index contributed by atoms with van der Waals surface area (Å²) in [5, 5.41) is 20.8. The molecular formula is C30H26Br2N2O4. The number of aliphatic imine (C=N–C) groups is 2. The standard InChI is InChI=1S/C30H26Br2N2O4/c1-17-9-19(5-7-25(17)33-15-21-11-23(31)13-27(37-3)29(21)35)20-6-8-26(18(2)10-20)34-16-22-12-24(32)14-28(38-4)30(22)36/h5-16,35-36H,1-4H3. The summed E-state index contributed by atoms with van der Waals surface area (Å²) in [5.41, 5.74) is 6.83. The van der Waals surface area contributed by atoms with E-state index >= 15 is 0 Å². The Labute approximate surface area is 238 Å². The third kappa shape index (κ3) is 6.09. The first-order valence-electron chi connectivity index (χ1n) is 11.6. The molecule has 0 amide bonds. The highest BCUT2D eigenvalue weighted by molar-refractivity contribution is 9.10. The van der Waals surface area contributed by atoms with E-state index in [1.165, 1.54) is 14.2 Å². The van der Waals surface area contributed by atoms with Gasteiger partial charge in [-0.25, -0.2) is 0 Å². The lowest BCUT2D eigenvalue weighted by molar-refractivity contribution is 0.373. The van der Waals surface area contributed by atoms with Crippen LogP contribution in [0.4, 0.5) is 11.4 Å². The average molecular weight is 638 g/mol. The molecule has 2 N–H and O–H groups in total. The van der Waals surface area contributed by atoms with E-state index in [1.807, 2.05) is 38.1 Å². The molecule has 0 aromatic heterocycles. The number of aromatic hydroxyl groups is 2. The minimum atomic E-state index is 0.0428. The number of phenolic OH excluding ortho intramolecular Hbond substituents is 2. The van der Waals surface area contributed by atoms with Gasteiger partial charge < -0.3 is 19.7 Å². The summed E-state index contributed by atoms with van der Waals surface area (Å²) in [6, 6.07) is 19.1. The van der Waals surface area contributed by atoms with Crippen LogP contribution in [0.1, 0.15) is 22.3 Å². The zero-order valence-electron chi connectivity index (χ0n) is 21.3. The van der Waals surface area contributed by atoms with E-state index < -0.39 is 0 Å². The van der Waals surface area contributed by atoms with Crippen molar-refractivity contribution in [3.8, 4) is 34.1 Å². The Morgan fingerprint density at radius 1 is 0.632 bits per heavy atom. The van der Waals surface area contributed by atoms with Crippen molar-refractivity contribution in [2.75, 3.05) is 14.2 Å². The SMILES string of the molecule is COc1cc(Br)cc(C=Nc2ccc(-c3ccc(N=Cc4cc(Br)cc(OC)c4O)c(C)c3)cc2C)c1O. The molecule has 38 heavy (non-hydrogen) atoms. The second kappa shape index (κ2) is 11.8. The van der Waals surface area contributed by atoms with Crippen LogP contribution in [0.15, 0.2) is 79.6 Å². The van der Waals surface area contributed by atoms with Crippen molar-refractivity contribution in [3.05, 3.63) is 91.9 Å². The largest absolute Gasteiger partial charge is 0.504 e. The lowest BCUT2D eigenvalue weighted by atomic mass is 10.00. The second-order valence-electron chi connectivity index (χ2n) is 8.61. The minimum absolute atomic E-state index is 0.0428. The summed E-state index contributed by atoms with van der Waals surface area (Å²) in [6.07, 6.45) is 3.25. The number of nitrogens with zero attached hydrogens (tertiary/aromatic N) is 2. The van der Waals surface area contributed by atoms with Crippen LogP contribution >= 0.6 is 31.9 Å². The maximum absolute atomic E-state index is 10.4. The van der Waals surface area contributed by atoms with Gasteiger partial charge in [-0.1, -0.05) is 44.0 Å². The number of rotatable bonds is 7. The molecule has 6 nitrogen and oxygen atoms in total. The van der Waals surface area contributed by atoms with Crippen LogP contribution in [0.3, 0.4) is 0 Å². The Kier molecular flexibility index (Phi) is 8.54. The first kappa shape index (κ1) is 27.4. The van der Waals surface area contributed by atoms with Crippen molar-refractivity contribution in [2.45, 2.75) is 13.8 Å². The maximum atomic E-state index is 10.4. The molecule has 4 aromatic rings. The molecule has 0 fully saturated rings. The van der Waals surface area contributed by atoms with Crippen LogP contribution in [0, 0.1) is 13.8 Å². The van der Waals surface area contributed by atoms with E-state index in [9.17, 15) is 10.2 Å². The van der Waals surface area contributed by atoms with Gasteiger partial charge in [-0.3, -0.25) is 9.98 Å². The zero-order chi connectivity index (χ0) is 27.4. The van der Waals surface area contributed by atoms with Gasteiger partial charge in [0.25, 0.3) is 0 Å². The molecule has 8 heteroatoms. The normalized spacial score (nSPS) is 11.4. The molecular weight excluding hydrogens is 612 g/mol. The topological polar surface area (TPSA) is 83.6 Å². The molecule has 0 aliphatic carbocycles. The van der Waals surface area contributed by atoms with Gasteiger partial charge in [0, 0.05) is 32.5 Å². The summed E-state index contributed by atoms with van der Waals surface area (Å²) in [5.74, 6) is 0.843. The van der Waals surface area contributed by atoms with Crippen molar-refractivity contribution in [2.24, 2.45) is 9.98 Å². The fourth-order valence-electron chi connectivity index (χ4n) is 3.93. The molecule has 4 aromatic carbocycles. The molecule has 0 atom stereocenters. The van der Waals surface area contributed by atoms with Crippen LogP contribution in [-0.4, -0.2) is 36.9 Å². The van der Waals surface area contributed by atoms with Gasteiger partial charge in [-0.2, -0.15) is 0 Å². The van der Waals surface area contributed by atoms with Crippen molar-refractivity contribution in [1.82, 2.24) is 0 Å². The van der Waals surface area contributed by atoms with E-state index in [2.05, 4.69) is 54.0 Å². The van der Waals surface area contributed by atoms with Gasteiger partial charge in [-0.15, -0.1) is 0 Å². The maximum Gasteiger partial charge on any atom is 0.166 e. The van der Waals surface area contributed by atoms with Crippen molar-refractivity contribution in [1.29, 1.82) is 0 Å². The minimum Gasteiger partial charge on any atom is -0.504 e. The summed E-state index contributed by atoms with van der Waals surface area (Å²) in [6.45, 7) is 4.00. The predicted molar refractivity (Wildman–Crippen MR) is 161 cm³/mol. The Balaban J connectivity index is 1.56. The fraction of sp³-hybridized carbons (Fsp3) is 0.133. The average Bonchev–Trinajstić information content (AvgIpc) is 2.90. The van der Waals surface area contributed by atoms with Gasteiger partial charge >= 0.3 is 0 Å². The lowest BCUT2D eigenvalue weighted by Crippen LogP contribution is -1.90. The quantitative estimate of drug-likeness (QED) is 0.199. The number of hydrogen-bond donors (Lipinski definition) is 2. The van der Waals surface area contributed by atoms with E-state index in [-0.39, 0.29) is 11.5 Å². The van der Waals surface area contributed by atoms with Crippen molar-refractivity contribution >= 4 is 55.7 Å². The number of ether oxygens (including phenoxy) is 2. The molecule has 0 aliphatic heterocycles. The van der Waals surface area contributed by atoms with Gasteiger partial charge in [0.1, 0.15) is 0 Å². The molecule has 0 spiro atoms. The van der Waals surface area contributed by atoms with Gasteiger partial charge in [0.05, 0.1) is 25.6 Å². The zero-order valence-corrected chi connectivity index (χ0v) is 24.5. The molecule has 0 heterocycles. The molecule has 0 bridgehead atoms. The molecule has 0 saturated carbocycles. The summed E-state index contributed by atoms with van der Waals surface area (Å²) in [7, 11) is 3.02. The predicted octanol–water partition coefficient (Wildman–Crippen LogP) is 8.43. The first-order chi connectivity index (χ1) is 18.2. The van der Waals surface area contributed by atoms with Gasteiger partial charge in [0.15, 0.2) is 23.0 Å². The number of phenols is 2. The Morgan fingerprint density at radius 2 is 1.03 bits per heavy atom. The summed E-state index contributed by atoms with van der Waals surface area (Å²) in [4.78, 5) is 9.17. The summed E-state index contributed by atoms with van der Waals surface area (Å²) < 4.78 is 12.0. The molecule has 0 saturated heterocycles. The van der Waals surface area contributed by atoms with Crippen LogP contribution in [0.2, 0.25) is 0 Å². The Bertz CT molecular complexity index is 1450. The van der Waals surface area contributed by atoms with Crippen LogP contribution in [0.5, 0.6) is 23.0 Å². The fourth-order valence-corrected chi connectivity index (χ4v) is 4.84. The second-order valence-corrected chi connectivity index (χ2v) is 10.4. The van der Waals surface area contributed by atoms with Crippen LogP contribution < -0.4 is 9.47 Å². The Morgan fingerprint density at radius 3 is 1.37 bits per heavy atom. The lowest BCUT2D eigenvalue weighted by Gasteiger charge is -2.09. The molecule has 0 aliphatic rings. The molecule has 4 rings (SSSR count). The third-order valence-electron chi connectivity index (χ3n) is 5.99. The van der Waals surface area contributed by atoms with Crippen LogP contribution in [0.25, 0.3) is 11.1 Å². The number of methoxy groups -OCH3 is 2.